The molecule has 102 valence electrons. The average Bonchev–Trinajstić information content (AvgIpc) is 2.32. The van der Waals surface area contributed by atoms with Crippen molar-refractivity contribution in [3.8, 4) is 0 Å². The van der Waals surface area contributed by atoms with Gasteiger partial charge in [0.2, 0.25) is 0 Å². The second-order valence-electron chi connectivity index (χ2n) is 5.19. The van der Waals surface area contributed by atoms with Crippen LogP contribution in [0.5, 0.6) is 0 Å². The number of rotatable bonds is 7. The van der Waals surface area contributed by atoms with E-state index in [9.17, 15) is 0 Å². The number of methoxy groups -OCH3 is 1. The molecule has 5 heteroatoms. The first-order valence-electron chi connectivity index (χ1n) is 6.18. The summed E-state index contributed by atoms with van der Waals surface area (Å²) in [6, 6.07) is 0. The van der Waals surface area contributed by atoms with Crippen LogP contribution in [-0.2, 0) is 18.3 Å². The molecule has 0 amide bonds. The van der Waals surface area contributed by atoms with Gasteiger partial charge in [-0.2, -0.15) is 0 Å². The van der Waals surface area contributed by atoms with E-state index < -0.39 is 8.56 Å². The first kappa shape index (κ1) is 15.1. The summed E-state index contributed by atoms with van der Waals surface area (Å²) in [5.41, 5.74) is -0.00917. The van der Waals surface area contributed by atoms with Crippen LogP contribution in [0.15, 0.2) is 0 Å². The molecule has 0 saturated carbocycles. The largest absolute Gasteiger partial charge is 0.396 e. The van der Waals surface area contributed by atoms with Crippen molar-refractivity contribution in [3.05, 3.63) is 0 Å². The molecule has 1 atom stereocenters. The fraction of sp³-hybridized carbons (Fsp3) is 1.00. The van der Waals surface area contributed by atoms with Crippen LogP contribution in [0.1, 0.15) is 26.7 Å². The summed E-state index contributed by atoms with van der Waals surface area (Å²) in [6.07, 6.45) is 1.98. The second kappa shape index (κ2) is 5.36. The Morgan fingerprint density at radius 2 is 1.76 bits per heavy atom. The average molecular weight is 262 g/mol. The Hall–Kier alpha value is 0.0569. The Morgan fingerprint density at radius 3 is 2.00 bits per heavy atom. The first-order valence-corrected chi connectivity index (χ1v) is 8.50. The maximum Gasteiger partial charge on any atom is 0.368 e. The van der Waals surface area contributed by atoms with Gasteiger partial charge in [0.1, 0.15) is 5.22 Å². The van der Waals surface area contributed by atoms with E-state index in [1.54, 1.807) is 21.3 Å². The Morgan fingerprint density at radius 1 is 1.24 bits per heavy atom. The van der Waals surface area contributed by atoms with Gasteiger partial charge in [-0.1, -0.05) is 20.3 Å². The topological polar surface area (TPSA) is 36.9 Å². The maximum absolute atomic E-state index is 5.96. The Kier molecular flexibility index (Phi) is 4.77. The van der Waals surface area contributed by atoms with Crippen LogP contribution in [0.3, 0.4) is 0 Å². The van der Waals surface area contributed by atoms with Crippen molar-refractivity contribution in [3.63, 3.8) is 0 Å². The smallest absolute Gasteiger partial charge is 0.368 e. The van der Waals surface area contributed by atoms with Crippen molar-refractivity contribution in [2.24, 2.45) is 5.41 Å². The summed E-state index contributed by atoms with van der Waals surface area (Å²) < 4.78 is 22.9. The third-order valence-electron chi connectivity index (χ3n) is 4.28. The minimum atomic E-state index is -2.41. The molecule has 0 N–H and O–H groups in total. The fourth-order valence-corrected chi connectivity index (χ4v) is 6.16. The molecule has 0 aliphatic carbocycles. The molecule has 0 aromatic rings. The Labute approximate surface area is 106 Å². The molecule has 0 radical (unpaired) electrons. The molecule has 1 rings (SSSR count). The summed E-state index contributed by atoms with van der Waals surface area (Å²) in [4.78, 5) is 0. The minimum absolute atomic E-state index is 0.00917. The summed E-state index contributed by atoms with van der Waals surface area (Å²) in [6.45, 7) is 7.89. The monoisotopic (exact) mass is 262 g/mol. The lowest BCUT2D eigenvalue weighted by Crippen LogP contribution is -2.73. The second-order valence-corrected chi connectivity index (χ2v) is 8.70. The van der Waals surface area contributed by atoms with E-state index >= 15 is 0 Å². The van der Waals surface area contributed by atoms with E-state index in [0.717, 1.165) is 26.1 Å². The van der Waals surface area contributed by atoms with Crippen LogP contribution in [-0.4, -0.2) is 48.3 Å². The van der Waals surface area contributed by atoms with Crippen molar-refractivity contribution in [2.45, 2.75) is 38.5 Å². The van der Waals surface area contributed by atoms with Crippen molar-refractivity contribution in [1.29, 1.82) is 0 Å². The highest BCUT2D eigenvalue weighted by Crippen LogP contribution is 2.49. The summed E-state index contributed by atoms with van der Waals surface area (Å²) in [5, 5.41) is -0.351. The van der Waals surface area contributed by atoms with Crippen LogP contribution in [0.4, 0.5) is 0 Å². The molecule has 17 heavy (non-hydrogen) atoms. The van der Waals surface area contributed by atoms with E-state index in [-0.39, 0.29) is 10.6 Å². The van der Waals surface area contributed by atoms with Gasteiger partial charge >= 0.3 is 8.56 Å². The molecule has 0 aromatic heterocycles. The molecular weight excluding hydrogens is 236 g/mol. The van der Waals surface area contributed by atoms with E-state index in [0.29, 0.717) is 0 Å². The van der Waals surface area contributed by atoms with Gasteiger partial charge in [-0.3, -0.25) is 0 Å². The van der Waals surface area contributed by atoms with Gasteiger partial charge in [0.15, 0.2) is 0 Å². The van der Waals surface area contributed by atoms with Gasteiger partial charge in [0.05, 0.1) is 13.2 Å². The van der Waals surface area contributed by atoms with Gasteiger partial charge < -0.3 is 18.3 Å². The molecule has 1 saturated heterocycles. The van der Waals surface area contributed by atoms with Crippen LogP contribution < -0.4 is 0 Å². The highest BCUT2D eigenvalue weighted by atomic mass is 28.4. The molecule has 1 aliphatic rings. The summed E-state index contributed by atoms with van der Waals surface area (Å²) in [5.74, 6) is 0. The quantitative estimate of drug-likeness (QED) is 0.659. The van der Waals surface area contributed by atoms with Gasteiger partial charge in [-0.05, 0) is 13.0 Å². The van der Waals surface area contributed by atoms with E-state index in [1.807, 2.05) is 0 Å². The first-order chi connectivity index (χ1) is 7.95. The fourth-order valence-electron chi connectivity index (χ4n) is 3.02. The lowest BCUT2D eigenvalue weighted by atomic mass is 9.79. The highest BCUT2D eigenvalue weighted by molar-refractivity contribution is 6.69. The molecule has 1 unspecified atom stereocenters. The third-order valence-corrected chi connectivity index (χ3v) is 8.36. The molecule has 0 aromatic carbocycles. The summed E-state index contributed by atoms with van der Waals surface area (Å²) >= 11 is 0. The molecule has 1 aliphatic heterocycles. The van der Waals surface area contributed by atoms with Crippen LogP contribution in [0.2, 0.25) is 6.55 Å². The summed E-state index contributed by atoms with van der Waals surface area (Å²) in [7, 11) is 2.81. The van der Waals surface area contributed by atoms with Crippen molar-refractivity contribution < 1.29 is 18.3 Å². The number of ether oxygens (including phenoxy) is 2. The predicted molar refractivity (Wildman–Crippen MR) is 69.2 cm³/mol. The molecule has 1 heterocycles. The predicted octanol–water partition coefficient (Wildman–Crippen LogP) is 2.11. The number of hydrogen-bond donors (Lipinski definition) is 0. The zero-order valence-corrected chi connectivity index (χ0v) is 13.0. The third kappa shape index (κ3) is 2.08. The molecule has 0 bridgehead atoms. The van der Waals surface area contributed by atoms with Gasteiger partial charge in [-0.15, -0.1) is 0 Å². The Bertz CT molecular complexity index is 251. The van der Waals surface area contributed by atoms with Crippen LogP contribution in [0, 0.1) is 5.41 Å². The van der Waals surface area contributed by atoms with Crippen LogP contribution >= 0.6 is 0 Å². The molecule has 0 spiro atoms. The van der Waals surface area contributed by atoms with Crippen molar-refractivity contribution in [2.75, 3.05) is 34.5 Å². The highest BCUT2D eigenvalue weighted by Gasteiger charge is 2.66. The van der Waals surface area contributed by atoms with E-state index in [1.165, 1.54) is 0 Å². The van der Waals surface area contributed by atoms with Crippen molar-refractivity contribution >= 4 is 8.56 Å². The lowest BCUT2D eigenvalue weighted by Gasteiger charge is -2.57. The van der Waals surface area contributed by atoms with Gasteiger partial charge in [0, 0.05) is 26.7 Å². The zero-order valence-electron chi connectivity index (χ0n) is 12.0. The van der Waals surface area contributed by atoms with E-state index in [4.69, 9.17) is 18.3 Å². The standard InChI is InChI=1S/C12H26O4Si/c1-7-8-12(13-3,11(2)9-16-10-11)17(6,14-4)15-5/h7-10H2,1-6H3. The van der Waals surface area contributed by atoms with E-state index in [2.05, 4.69) is 20.4 Å². The van der Waals surface area contributed by atoms with Crippen LogP contribution in [0.25, 0.3) is 0 Å². The zero-order chi connectivity index (χ0) is 13.2. The van der Waals surface area contributed by atoms with Gasteiger partial charge in [0.25, 0.3) is 0 Å². The lowest BCUT2D eigenvalue weighted by molar-refractivity contribution is -0.206. The van der Waals surface area contributed by atoms with Crippen molar-refractivity contribution in [1.82, 2.24) is 0 Å². The molecule has 4 nitrogen and oxygen atoms in total. The normalized spacial score (nSPS) is 22.9. The Balaban J connectivity index is 3.15. The minimum Gasteiger partial charge on any atom is -0.396 e. The molecular formula is C12H26O4Si. The maximum atomic E-state index is 5.96. The molecule has 1 fully saturated rings. The number of hydrogen-bond acceptors (Lipinski definition) is 4. The van der Waals surface area contributed by atoms with Gasteiger partial charge in [-0.25, -0.2) is 0 Å². The SMILES string of the molecule is CCCC(OC)(C1(C)COC1)[Si](C)(OC)OC.